The second-order valence-corrected chi connectivity index (χ2v) is 12.9. The van der Waals surface area contributed by atoms with Crippen LogP contribution in [0.25, 0.3) is 22.3 Å². The smallest absolute Gasteiger partial charge is 0.408 e. The first-order chi connectivity index (χ1) is 21.0. The Balaban J connectivity index is 1.42. The average Bonchev–Trinajstić information content (AvgIpc) is 3.40. The molecule has 0 bridgehead atoms. The highest BCUT2D eigenvalue weighted by Crippen LogP contribution is 2.35. The molecule has 2 amide bonds. The normalized spacial score (nSPS) is 18.9. The van der Waals surface area contributed by atoms with Gasteiger partial charge in [-0.2, -0.15) is 0 Å². The number of benzene rings is 1. The van der Waals surface area contributed by atoms with Gasteiger partial charge >= 0.3 is 6.09 Å². The van der Waals surface area contributed by atoms with Crippen molar-refractivity contribution in [2.24, 2.45) is 5.92 Å². The molecule has 10 nitrogen and oxygen atoms in total. The summed E-state index contributed by atoms with van der Waals surface area (Å²) in [6.45, 7) is 9.15. The number of ether oxygens (including phenoxy) is 3. The molecule has 5 rings (SSSR count). The highest BCUT2D eigenvalue weighted by atomic mass is 16.6. The number of likely N-dealkylation sites (tertiary alicyclic amines) is 1. The van der Waals surface area contributed by atoms with E-state index in [1.165, 1.54) is 16.9 Å². The van der Waals surface area contributed by atoms with Crippen LogP contribution in [0.5, 0.6) is 11.5 Å². The number of pyridine rings is 2. The van der Waals surface area contributed by atoms with E-state index in [4.69, 9.17) is 24.2 Å². The van der Waals surface area contributed by atoms with Gasteiger partial charge < -0.3 is 29.2 Å². The quantitative estimate of drug-likeness (QED) is 0.346. The first kappa shape index (κ1) is 31.2. The van der Waals surface area contributed by atoms with Crippen molar-refractivity contribution in [2.45, 2.75) is 90.5 Å². The van der Waals surface area contributed by atoms with Crippen molar-refractivity contribution in [3.05, 3.63) is 47.7 Å². The maximum Gasteiger partial charge on any atom is 0.408 e. The minimum absolute atomic E-state index is 0.188. The van der Waals surface area contributed by atoms with Gasteiger partial charge in [-0.3, -0.25) is 9.78 Å². The van der Waals surface area contributed by atoms with E-state index in [-0.39, 0.29) is 18.4 Å². The molecular weight excluding hydrogens is 560 g/mol. The van der Waals surface area contributed by atoms with Gasteiger partial charge in [-0.15, -0.1) is 0 Å². The van der Waals surface area contributed by atoms with Crippen LogP contribution in [0.3, 0.4) is 0 Å². The number of nitrogens with one attached hydrogen (secondary N) is 1. The van der Waals surface area contributed by atoms with Crippen molar-refractivity contribution in [2.75, 3.05) is 13.7 Å². The number of alkyl carbamates (subject to hydrolysis) is 1. The Bertz CT molecular complexity index is 1550. The van der Waals surface area contributed by atoms with E-state index in [9.17, 15) is 14.4 Å². The summed E-state index contributed by atoms with van der Waals surface area (Å²) in [6, 6.07) is 10.1. The molecular formula is C34H42N4O6. The lowest BCUT2D eigenvalue weighted by Crippen LogP contribution is -2.53. The second kappa shape index (κ2) is 12.8. The van der Waals surface area contributed by atoms with Crippen LogP contribution in [0.1, 0.15) is 65.1 Å². The molecule has 10 heteroatoms. The summed E-state index contributed by atoms with van der Waals surface area (Å²) in [4.78, 5) is 49.8. The van der Waals surface area contributed by atoms with Crippen molar-refractivity contribution >= 4 is 29.2 Å². The number of aldehydes is 1. The number of rotatable bonds is 8. The third kappa shape index (κ3) is 6.95. The summed E-state index contributed by atoms with van der Waals surface area (Å²) >= 11 is 0. The Labute approximate surface area is 258 Å². The zero-order valence-electron chi connectivity index (χ0n) is 26.4. The summed E-state index contributed by atoms with van der Waals surface area (Å²) in [7, 11) is 1.61. The van der Waals surface area contributed by atoms with Gasteiger partial charge in [0.25, 0.3) is 0 Å². The number of nitrogens with zero attached hydrogens (tertiary/aromatic N) is 3. The summed E-state index contributed by atoms with van der Waals surface area (Å²) in [6.07, 6.45) is 4.24. The number of carbonyl (C=O) groups is 3. The second-order valence-electron chi connectivity index (χ2n) is 12.9. The highest BCUT2D eigenvalue weighted by Gasteiger charge is 2.41. The molecule has 3 aromatic rings. The van der Waals surface area contributed by atoms with Crippen molar-refractivity contribution < 1.29 is 28.6 Å². The number of aromatic nitrogens is 2. The van der Waals surface area contributed by atoms with E-state index in [1.54, 1.807) is 27.9 Å². The number of amides is 2. The summed E-state index contributed by atoms with van der Waals surface area (Å²) in [5.41, 5.74) is 3.82. The molecule has 0 saturated carbocycles. The van der Waals surface area contributed by atoms with Gasteiger partial charge in [0.1, 0.15) is 35.5 Å². The Morgan fingerprint density at radius 1 is 1.05 bits per heavy atom. The summed E-state index contributed by atoms with van der Waals surface area (Å²) < 4.78 is 17.4. The molecule has 0 unspecified atom stereocenters. The van der Waals surface area contributed by atoms with Crippen LogP contribution in [0.15, 0.2) is 36.4 Å². The van der Waals surface area contributed by atoms with Crippen LogP contribution in [-0.2, 0) is 27.2 Å². The molecule has 0 radical (unpaired) electrons. The molecule has 44 heavy (non-hydrogen) atoms. The molecule has 1 aromatic carbocycles. The molecule has 234 valence electrons. The van der Waals surface area contributed by atoms with E-state index in [0.29, 0.717) is 29.1 Å². The van der Waals surface area contributed by atoms with E-state index in [2.05, 4.69) is 11.4 Å². The van der Waals surface area contributed by atoms with Crippen LogP contribution in [-0.4, -0.2) is 70.6 Å². The molecule has 1 fully saturated rings. The molecule has 1 saturated heterocycles. The largest absolute Gasteiger partial charge is 0.497 e. The van der Waals surface area contributed by atoms with Crippen molar-refractivity contribution in [3.8, 4) is 22.9 Å². The van der Waals surface area contributed by atoms with Crippen molar-refractivity contribution in [1.29, 1.82) is 0 Å². The molecule has 2 aliphatic rings. The minimum atomic E-state index is -0.859. The number of methoxy groups -OCH3 is 1. The third-order valence-electron chi connectivity index (χ3n) is 8.06. The van der Waals surface area contributed by atoms with Crippen LogP contribution in [0, 0.1) is 5.92 Å². The highest BCUT2D eigenvalue weighted by molar-refractivity contribution is 5.90. The van der Waals surface area contributed by atoms with Gasteiger partial charge in [0.05, 0.1) is 36.6 Å². The van der Waals surface area contributed by atoms with Gasteiger partial charge in [-0.25, -0.2) is 9.78 Å². The van der Waals surface area contributed by atoms with Gasteiger partial charge in [0.2, 0.25) is 5.91 Å². The maximum absolute atomic E-state index is 13.7. The first-order valence-electron chi connectivity index (χ1n) is 15.4. The fourth-order valence-electron chi connectivity index (χ4n) is 5.86. The number of fused-ring (bicyclic) bond motifs is 2. The predicted molar refractivity (Wildman–Crippen MR) is 167 cm³/mol. The topological polar surface area (TPSA) is 120 Å². The molecule has 1 N–H and O–H groups in total. The van der Waals surface area contributed by atoms with E-state index < -0.39 is 29.9 Å². The lowest BCUT2D eigenvalue weighted by molar-refractivity contribution is -0.137. The van der Waals surface area contributed by atoms with Gasteiger partial charge in [0.15, 0.2) is 0 Å². The zero-order chi connectivity index (χ0) is 31.6. The summed E-state index contributed by atoms with van der Waals surface area (Å²) in [5.74, 6) is 0.677. The SMILES string of the molecule is COc1ccc2c(O[C@@H]3C[C@@H](C=O)N(C(=O)[C@@H](NC(=O)OC(C)(C)C)C(C)C)C3)cc(-c3ccc4c(n3)CCCC4)nc2c1. The summed E-state index contributed by atoms with van der Waals surface area (Å²) in [5, 5.41) is 3.49. The number of hydrogen-bond acceptors (Lipinski definition) is 8. The zero-order valence-corrected chi connectivity index (χ0v) is 26.4. The number of hydrogen-bond donors (Lipinski definition) is 1. The fraction of sp³-hybridized carbons (Fsp3) is 0.500. The monoisotopic (exact) mass is 602 g/mol. The van der Waals surface area contributed by atoms with Crippen LogP contribution in [0.4, 0.5) is 4.79 Å². The predicted octanol–water partition coefficient (Wildman–Crippen LogP) is 5.28. The number of carbonyl (C=O) groups excluding carboxylic acids is 3. The van der Waals surface area contributed by atoms with E-state index in [0.717, 1.165) is 42.3 Å². The van der Waals surface area contributed by atoms with Crippen LogP contribution in [0.2, 0.25) is 0 Å². The molecule has 1 aliphatic carbocycles. The third-order valence-corrected chi connectivity index (χ3v) is 8.06. The van der Waals surface area contributed by atoms with Gasteiger partial charge in [-0.1, -0.05) is 19.9 Å². The molecule has 3 heterocycles. The average molecular weight is 603 g/mol. The molecule has 3 atom stereocenters. The Kier molecular flexibility index (Phi) is 9.08. The lowest BCUT2D eigenvalue weighted by atomic mass is 9.95. The van der Waals surface area contributed by atoms with Crippen LogP contribution < -0.4 is 14.8 Å². The molecule has 2 aromatic heterocycles. The van der Waals surface area contributed by atoms with Gasteiger partial charge in [-0.05, 0) is 76.1 Å². The Morgan fingerprint density at radius 3 is 2.52 bits per heavy atom. The van der Waals surface area contributed by atoms with E-state index in [1.807, 2.05) is 44.2 Å². The van der Waals surface area contributed by atoms with Gasteiger partial charge in [0, 0.05) is 29.6 Å². The van der Waals surface area contributed by atoms with Crippen molar-refractivity contribution in [3.63, 3.8) is 0 Å². The Morgan fingerprint density at radius 2 is 1.82 bits per heavy atom. The molecule has 1 aliphatic heterocycles. The minimum Gasteiger partial charge on any atom is -0.497 e. The standard InChI is InChI=1S/C34H42N4O6/c1-20(2)31(37-33(41)44-34(3,4)5)32(40)38-18-24(15-22(38)19-39)43-30-17-29(36-28-16-23(42-6)12-13-25(28)30)27-14-11-21-9-7-8-10-26(21)35-27/h11-14,16-17,19-20,22,24,31H,7-10,15,18H2,1-6H3,(H,37,41)/t22-,24+,31-/m0/s1. The van der Waals surface area contributed by atoms with E-state index >= 15 is 0 Å². The maximum atomic E-state index is 13.7. The van der Waals surface area contributed by atoms with Crippen molar-refractivity contribution in [1.82, 2.24) is 20.2 Å². The van der Waals surface area contributed by atoms with Crippen LogP contribution >= 0.6 is 0 Å². The number of aryl methyl sites for hydroxylation is 2. The Hall–Kier alpha value is -4.21. The molecule has 0 spiro atoms. The first-order valence-corrected chi connectivity index (χ1v) is 15.4. The lowest BCUT2D eigenvalue weighted by Gasteiger charge is -2.30. The fourth-order valence-corrected chi connectivity index (χ4v) is 5.86.